The summed E-state index contributed by atoms with van der Waals surface area (Å²) in [5.74, 6) is 0.596. The van der Waals surface area contributed by atoms with Crippen LogP contribution in [-0.4, -0.2) is 11.6 Å². The van der Waals surface area contributed by atoms with Gasteiger partial charge in [-0.05, 0) is 133 Å². The Morgan fingerprint density at radius 2 is 0.731 bits per heavy atom. The lowest BCUT2D eigenvalue weighted by molar-refractivity contribution is 0.103. The molecule has 104 heavy (non-hydrogen) atoms. The number of carbonyl (C=O) groups is 2. The summed E-state index contributed by atoms with van der Waals surface area (Å²) in [6, 6.07) is 42.6. The fourth-order valence-electron chi connectivity index (χ4n) is 15.6. The van der Waals surface area contributed by atoms with E-state index in [0.717, 1.165) is 86.8 Å². The molecule has 0 amide bonds. The van der Waals surface area contributed by atoms with Crippen molar-refractivity contribution in [2.75, 3.05) is 0 Å². The molecule has 3 aromatic carbocycles. The molecule has 0 radical (unpaired) electrons. The third-order valence-electron chi connectivity index (χ3n) is 21.5. The third kappa shape index (κ3) is 18.4. The molecule has 11 rings (SSSR count). The SMILES string of the molecule is CCCCCCCCCCCCc1ccc(-c2c3cc(-c4sc(/C=C5\C(=O)c6ccccc6C5=C(C#N)C#N)cc4CC(CC)CCCC)sc3c(-c3ccc(CCCCCCCCCCCC)s3)c3cc(-c4sc(/C=C5\C(=O)c6ccccc6C5=C(C#N)C#N)cc4CC(CC)CCCC)sc23)s1. The Labute approximate surface area is 644 Å². The van der Waals surface area contributed by atoms with Crippen LogP contribution in [0.25, 0.3) is 83.9 Å². The molecule has 0 N–H and O–H groups in total. The molecule has 0 aliphatic heterocycles. The third-order valence-corrected chi connectivity index (χ3v) is 28.7. The minimum Gasteiger partial charge on any atom is -0.289 e. The van der Waals surface area contributed by atoms with Crippen LogP contribution >= 0.6 is 68.0 Å². The molecule has 2 unspecified atom stereocenters. The normalized spacial score (nSPS) is 14.1. The molecule has 2 aliphatic rings. The van der Waals surface area contributed by atoms with Gasteiger partial charge in [-0.1, -0.05) is 257 Å². The molecular formula is C92H102N4O2S6. The zero-order valence-corrected chi connectivity index (χ0v) is 67.1. The molecule has 2 atom stereocenters. The number of hydrogen-bond acceptors (Lipinski definition) is 12. The molecule has 0 saturated carbocycles. The number of allylic oxidation sites excluding steroid dienone is 6. The average Bonchev–Trinajstić information content (AvgIpc) is 1.53. The van der Waals surface area contributed by atoms with E-state index < -0.39 is 0 Å². The summed E-state index contributed by atoms with van der Waals surface area (Å²) in [6.07, 6.45) is 42.8. The molecule has 6 nitrogen and oxygen atoms in total. The lowest BCUT2D eigenvalue weighted by Crippen LogP contribution is -2.03. The van der Waals surface area contributed by atoms with Crippen LogP contribution < -0.4 is 0 Å². The van der Waals surface area contributed by atoms with Crippen LogP contribution in [0.15, 0.2) is 119 Å². The van der Waals surface area contributed by atoms with Gasteiger partial charge >= 0.3 is 0 Å². The van der Waals surface area contributed by atoms with E-state index in [1.165, 1.54) is 210 Å². The molecule has 538 valence electrons. The Bertz CT molecular complexity index is 4410. The summed E-state index contributed by atoms with van der Waals surface area (Å²) in [5, 5.41) is 44.1. The number of nitriles is 4. The van der Waals surface area contributed by atoms with Crippen molar-refractivity contribution in [2.45, 2.75) is 247 Å². The predicted molar refractivity (Wildman–Crippen MR) is 449 cm³/mol. The fraction of sp³-hybridized carbons (Fsp3) is 0.435. The summed E-state index contributed by atoms with van der Waals surface area (Å²) in [6.45, 7) is 13.8. The van der Waals surface area contributed by atoms with E-state index in [4.69, 9.17) is 0 Å². The van der Waals surface area contributed by atoms with Crippen molar-refractivity contribution < 1.29 is 9.59 Å². The van der Waals surface area contributed by atoms with Gasteiger partial charge < -0.3 is 0 Å². The lowest BCUT2D eigenvalue weighted by Gasteiger charge is -2.14. The molecule has 2 aliphatic carbocycles. The first-order chi connectivity index (χ1) is 51.0. The maximum atomic E-state index is 14.6. The van der Waals surface area contributed by atoms with Crippen molar-refractivity contribution in [1.29, 1.82) is 21.0 Å². The van der Waals surface area contributed by atoms with Gasteiger partial charge in [-0.25, -0.2) is 0 Å². The Hall–Kier alpha value is -7.36. The topological polar surface area (TPSA) is 129 Å². The number of ketones is 2. The highest BCUT2D eigenvalue weighted by atomic mass is 32.1. The molecule has 6 heterocycles. The summed E-state index contributed by atoms with van der Waals surface area (Å²) < 4.78 is 2.54. The molecule has 0 bridgehead atoms. The first-order valence-corrected chi connectivity index (χ1v) is 44.2. The highest BCUT2D eigenvalue weighted by Gasteiger charge is 2.35. The molecule has 9 aromatic rings. The monoisotopic (exact) mass is 1490 g/mol. The maximum absolute atomic E-state index is 14.6. The van der Waals surface area contributed by atoms with Crippen LogP contribution in [0, 0.1) is 57.2 Å². The molecule has 0 saturated heterocycles. The first-order valence-electron chi connectivity index (χ1n) is 39.3. The number of nitrogens with zero attached hydrogens (tertiary/aromatic N) is 4. The van der Waals surface area contributed by atoms with E-state index in [9.17, 15) is 30.6 Å². The number of hydrogen-bond donors (Lipinski definition) is 0. The van der Waals surface area contributed by atoms with Crippen LogP contribution in [0.2, 0.25) is 0 Å². The van der Waals surface area contributed by atoms with Crippen LogP contribution in [0.3, 0.4) is 0 Å². The highest BCUT2D eigenvalue weighted by molar-refractivity contribution is 7.29. The minimum absolute atomic E-state index is 0.0550. The number of rotatable bonds is 40. The Balaban J connectivity index is 1.10. The van der Waals surface area contributed by atoms with Crippen molar-refractivity contribution in [1.82, 2.24) is 0 Å². The van der Waals surface area contributed by atoms with Gasteiger partial charge in [-0.2, -0.15) is 21.0 Å². The van der Waals surface area contributed by atoms with Crippen molar-refractivity contribution in [3.05, 3.63) is 172 Å². The van der Waals surface area contributed by atoms with E-state index in [-0.39, 0.29) is 22.7 Å². The second kappa shape index (κ2) is 38.8. The van der Waals surface area contributed by atoms with Gasteiger partial charge in [0.1, 0.15) is 35.4 Å². The van der Waals surface area contributed by atoms with Crippen LogP contribution in [0.4, 0.5) is 0 Å². The van der Waals surface area contributed by atoms with Crippen molar-refractivity contribution >= 4 is 123 Å². The van der Waals surface area contributed by atoms with Crippen molar-refractivity contribution in [2.24, 2.45) is 11.8 Å². The van der Waals surface area contributed by atoms with Crippen LogP contribution in [0.1, 0.15) is 284 Å². The number of Topliss-reactive ketones (excluding diaryl/α,β-unsaturated/α-hetero) is 2. The van der Waals surface area contributed by atoms with E-state index >= 15 is 0 Å². The second-order valence-electron chi connectivity index (χ2n) is 28.9. The van der Waals surface area contributed by atoms with Crippen molar-refractivity contribution in [3.63, 3.8) is 0 Å². The van der Waals surface area contributed by atoms with Crippen LogP contribution in [-0.2, 0) is 25.7 Å². The summed E-state index contributed by atoms with van der Waals surface area (Å²) in [7, 11) is 0. The van der Waals surface area contributed by atoms with Gasteiger partial charge in [0.15, 0.2) is 11.6 Å². The fourth-order valence-corrected chi connectivity index (χ4v) is 23.0. The van der Waals surface area contributed by atoms with Gasteiger partial charge in [0.25, 0.3) is 0 Å². The quantitative estimate of drug-likeness (QED) is 0.0214. The maximum Gasteiger partial charge on any atom is 0.194 e. The molecule has 12 heteroatoms. The first kappa shape index (κ1) is 77.7. The number of benzene rings is 3. The Kier molecular flexibility index (Phi) is 29.0. The number of carbonyl (C=O) groups excluding carboxylic acids is 2. The molecule has 0 spiro atoms. The standard InChI is InChI=1S/C92H102N4O2S6/c1-7-13-17-19-21-23-25-27-29-31-39-67-45-47-79(99-67)85-77-55-81(89-63(49-61(11-5)37-15-9-3)51-69(101-89)53-75-83(65(57-93)58-94)71-41-33-35-43-73(71)87(75)97)104-92(77)86(80-48-46-68(100-80)40-32-30-28-26-24-22-20-18-14-8-2)78-56-82(103-91(78)85)90-64(50-62(12-6)38-16-10-4)52-70(102-90)54-76-84(66(59-95)60-96)72-42-34-36-44-74(72)88(76)98/h33-36,41-48,51-56,61-62H,7-32,37-40,49-50H2,1-6H3/b75-53-,76-54-. The van der Waals surface area contributed by atoms with Gasteiger partial charge in [-0.3, -0.25) is 9.59 Å². The van der Waals surface area contributed by atoms with E-state index in [0.29, 0.717) is 56.4 Å². The number of thiophene rings is 6. The smallest absolute Gasteiger partial charge is 0.194 e. The number of fused-ring (bicyclic) bond motifs is 4. The zero-order chi connectivity index (χ0) is 72.9. The molecular weight excluding hydrogens is 1390 g/mol. The number of unbranched alkanes of at least 4 members (excludes halogenated alkanes) is 20. The van der Waals surface area contributed by atoms with E-state index in [1.54, 1.807) is 22.7 Å². The summed E-state index contributed by atoms with van der Waals surface area (Å²) >= 11 is 11.2. The lowest BCUT2D eigenvalue weighted by atomic mass is 9.91. The zero-order valence-electron chi connectivity index (χ0n) is 62.2. The van der Waals surface area contributed by atoms with E-state index in [1.807, 2.05) is 106 Å². The largest absolute Gasteiger partial charge is 0.289 e. The van der Waals surface area contributed by atoms with Gasteiger partial charge in [0.2, 0.25) is 0 Å². The van der Waals surface area contributed by atoms with Gasteiger partial charge in [-0.15, -0.1) is 68.0 Å². The summed E-state index contributed by atoms with van der Waals surface area (Å²) in [5.41, 5.74) is 8.90. The predicted octanol–water partition coefficient (Wildman–Crippen LogP) is 29.6. The highest BCUT2D eigenvalue weighted by Crippen LogP contribution is 2.57. The number of aryl methyl sites for hydroxylation is 2. The van der Waals surface area contributed by atoms with Gasteiger partial charge in [0, 0.05) is 113 Å². The minimum atomic E-state index is -0.164. The Morgan fingerprint density at radius 3 is 1.08 bits per heavy atom. The second-order valence-corrected chi connectivity index (χ2v) is 35.5. The van der Waals surface area contributed by atoms with Crippen molar-refractivity contribution in [3.8, 4) is 64.7 Å². The van der Waals surface area contributed by atoms with Crippen LogP contribution in [0.5, 0.6) is 0 Å². The van der Waals surface area contributed by atoms with Gasteiger partial charge in [0.05, 0.1) is 0 Å². The van der Waals surface area contributed by atoms with E-state index in [2.05, 4.69) is 114 Å². The summed E-state index contributed by atoms with van der Waals surface area (Å²) in [4.78, 5) is 41.2. The Morgan fingerprint density at radius 1 is 0.385 bits per heavy atom. The molecule has 6 aromatic heterocycles. The average molecular weight is 1490 g/mol. The molecule has 0 fully saturated rings.